The number of nitrogens with zero attached hydrogens (tertiary/aromatic N) is 1. The number of alkyl halides is 1. The molecule has 1 aliphatic heterocycles. The van der Waals surface area contributed by atoms with Crippen molar-refractivity contribution in [3.05, 3.63) is 0 Å². The third-order valence-corrected chi connectivity index (χ3v) is 2.66. The first-order valence-electron chi connectivity index (χ1n) is 5.30. The highest BCUT2D eigenvalue weighted by atomic mass is 35.5. The zero-order valence-electron chi connectivity index (χ0n) is 9.08. The van der Waals surface area contributed by atoms with E-state index in [1.807, 2.05) is 6.92 Å². The molecule has 1 unspecified atom stereocenters. The molecule has 1 rings (SSSR count). The van der Waals surface area contributed by atoms with Gasteiger partial charge < -0.3 is 14.4 Å². The summed E-state index contributed by atoms with van der Waals surface area (Å²) in [7, 11) is 0. The van der Waals surface area contributed by atoms with Gasteiger partial charge in [-0.1, -0.05) is 6.92 Å². The molecule has 1 amide bonds. The van der Waals surface area contributed by atoms with Crippen LogP contribution in [0.5, 0.6) is 0 Å². The molecule has 4 nitrogen and oxygen atoms in total. The van der Waals surface area contributed by atoms with Gasteiger partial charge in [-0.2, -0.15) is 0 Å². The van der Waals surface area contributed by atoms with E-state index in [1.54, 1.807) is 4.90 Å². The number of ether oxygens (including phenoxy) is 2. The van der Waals surface area contributed by atoms with Crippen LogP contribution in [0, 0.1) is 0 Å². The molecule has 0 spiro atoms. The molecule has 0 saturated carbocycles. The zero-order chi connectivity index (χ0) is 11.1. The molecule has 0 aromatic carbocycles. The van der Waals surface area contributed by atoms with Gasteiger partial charge in [-0.15, -0.1) is 11.6 Å². The minimum Gasteiger partial charge on any atom is -0.377 e. The lowest BCUT2D eigenvalue weighted by atomic mass is 10.2. The first-order chi connectivity index (χ1) is 7.29. The largest absolute Gasteiger partial charge is 0.377 e. The summed E-state index contributed by atoms with van der Waals surface area (Å²) in [4.78, 5) is 13.5. The summed E-state index contributed by atoms with van der Waals surface area (Å²) in [6.45, 7) is 4.53. The molecule has 0 N–H and O–H groups in total. The number of carbonyl (C=O) groups excluding carboxylic acids is 1. The fourth-order valence-corrected chi connectivity index (χ4v) is 1.75. The predicted molar refractivity (Wildman–Crippen MR) is 58.2 cm³/mol. The molecular weight excluding hydrogens is 218 g/mol. The highest BCUT2D eigenvalue weighted by Crippen LogP contribution is 2.09. The average Bonchev–Trinajstić information content (AvgIpc) is 2.29. The van der Waals surface area contributed by atoms with Gasteiger partial charge in [0.25, 0.3) is 0 Å². The van der Waals surface area contributed by atoms with Gasteiger partial charge in [0.15, 0.2) is 0 Å². The number of morpholine rings is 1. The predicted octanol–water partition coefficient (Wildman–Crippen LogP) is 0.879. The van der Waals surface area contributed by atoms with E-state index >= 15 is 0 Å². The summed E-state index contributed by atoms with van der Waals surface area (Å²) in [5.41, 5.74) is 0. The molecule has 0 bridgehead atoms. The third kappa shape index (κ3) is 3.97. The Morgan fingerprint density at radius 2 is 2.47 bits per heavy atom. The van der Waals surface area contributed by atoms with Gasteiger partial charge in [-0.3, -0.25) is 4.79 Å². The van der Waals surface area contributed by atoms with Crippen LogP contribution < -0.4 is 0 Å². The molecule has 0 radical (unpaired) electrons. The van der Waals surface area contributed by atoms with Crippen molar-refractivity contribution in [3.8, 4) is 0 Å². The minimum atomic E-state index is -0.00172. The van der Waals surface area contributed by atoms with E-state index in [0.717, 1.165) is 6.42 Å². The second kappa shape index (κ2) is 7.04. The highest BCUT2D eigenvalue weighted by Gasteiger charge is 2.26. The fraction of sp³-hybridized carbons (Fsp3) is 0.900. The molecule has 0 aromatic rings. The van der Waals surface area contributed by atoms with Crippen LogP contribution in [0.2, 0.25) is 0 Å². The van der Waals surface area contributed by atoms with Crippen molar-refractivity contribution in [2.45, 2.75) is 19.4 Å². The Kier molecular flexibility index (Phi) is 5.98. The molecule has 0 aliphatic carbocycles. The summed E-state index contributed by atoms with van der Waals surface area (Å²) < 4.78 is 10.5. The smallest absolute Gasteiger partial charge is 0.249 e. The summed E-state index contributed by atoms with van der Waals surface area (Å²) in [6, 6.07) is -0.00172. The molecule has 1 atom stereocenters. The van der Waals surface area contributed by atoms with Gasteiger partial charge in [0, 0.05) is 19.0 Å². The molecule has 1 heterocycles. The van der Waals surface area contributed by atoms with Crippen LogP contribution in [0.3, 0.4) is 0 Å². The van der Waals surface area contributed by atoms with Crippen molar-refractivity contribution < 1.29 is 14.3 Å². The van der Waals surface area contributed by atoms with Gasteiger partial charge in [-0.05, 0) is 6.42 Å². The molecule has 15 heavy (non-hydrogen) atoms. The SMILES string of the molecule is CCCOCC(=O)N1CCOCC1CCl. The Balaban J connectivity index is 2.34. The lowest BCUT2D eigenvalue weighted by Crippen LogP contribution is -2.50. The number of hydrogen-bond acceptors (Lipinski definition) is 3. The van der Waals surface area contributed by atoms with E-state index in [4.69, 9.17) is 21.1 Å². The van der Waals surface area contributed by atoms with Gasteiger partial charge >= 0.3 is 0 Å². The summed E-state index contributed by atoms with van der Waals surface area (Å²) in [6.07, 6.45) is 0.926. The molecular formula is C10H18ClNO3. The molecule has 88 valence electrons. The van der Waals surface area contributed by atoms with Crippen LogP contribution in [-0.4, -0.2) is 55.7 Å². The van der Waals surface area contributed by atoms with Crippen molar-refractivity contribution in [1.82, 2.24) is 4.90 Å². The number of amides is 1. The summed E-state index contributed by atoms with van der Waals surface area (Å²) in [5, 5.41) is 0. The van der Waals surface area contributed by atoms with Crippen molar-refractivity contribution in [2.75, 3.05) is 38.9 Å². The van der Waals surface area contributed by atoms with Crippen LogP contribution in [0.1, 0.15) is 13.3 Å². The van der Waals surface area contributed by atoms with E-state index in [1.165, 1.54) is 0 Å². The van der Waals surface area contributed by atoms with Crippen molar-refractivity contribution in [2.24, 2.45) is 0 Å². The van der Waals surface area contributed by atoms with E-state index in [9.17, 15) is 4.79 Å². The molecule has 1 aliphatic rings. The van der Waals surface area contributed by atoms with Crippen molar-refractivity contribution in [1.29, 1.82) is 0 Å². The van der Waals surface area contributed by atoms with E-state index < -0.39 is 0 Å². The maximum atomic E-state index is 11.7. The Morgan fingerprint density at radius 3 is 3.13 bits per heavy atom. The monoisotopic (exact) mass is 235 g/mol. The van der Waals surface area contributed by atoms with Gasteiger partial charge in [0.1, 0.15) is 6.61 Å². The van der Waals surface area contributed by atoms with Crippen LogP contribution in [0.15, 0.2) is 0 Å². The average molecular weight is 236 g/mol. The van der Waals surface area contributed by atoms with Crippen LogP contribution in [0.4, 0.5) is 0 Å². The summed E-state index contributed by atoms with van der Waals surface area (Å²) >= 11 is 5.77. The molecule has 0 aromatic heterocycles. The molecule has 1 fully saturated rings. The zero-order valence-corrected chi connectivity index (χ0v) is 9.83. The number of rotatable bonds is 5. The first-order valence-corrected chi connectivity index (χ1v) is 5.84. The maximum absolute atomic E-state index is 11.7. The van der Waals surface area contributed by atoms with E-state index in [0.29, 0.717) is 32.2 Å². The Labute approximate surface area is 95.5 Å². The van der Waals surface area contributed by atoms with Gasteiger partial charge in [0.05, 0.1) is 19.3 Å². The van der Waals surface area contributed by atoms with Crippen molar-refractivity contribution >= 4 is 17.5 Å². The standard InChI is InChI=1S/C10H18ClNO3/c1-2-4-14-8-10(13)12-3-5-15-7-9(12)6-11/h9H,2-8H2,1H3. The number of hydrogen-bond donors (Lipinski definition) is 0. The number of halogens is 1. The second-order valence-corrected chi connectivity index (χ2v) is 3.83. The quantitative estimate of drug-likeness (QED) is 0.525. The maximum Gasteiger partial charge on any atom is 0.249 e. The van der Waals surface area contributed by atoms with Crippen molar-refractivity contribution in [3.63, 3.8) is 0 Å². The topological polar surface area (TPSA) is 38.8 Å². The van der Waals surface area contributed by atoms with Gasteiger partial charge in [0.2, 0.25) is 5.91 Å². The lowest BCUT2D eigenvalue weighted by molar-refractivity contribution is -0.143. The molecule has 5 heteroatoms. The van der Waals surface area contributed by atoms with Crippen LogP contribution >= 0.6 is 11.6 Å². The van der Waals surface area contributed by atoms with Crippen LogP contribution in [0.25, 0.3) is 0 Å². The Hall–Kier alpha value is -0.320. The highest BCUT2D eigenvalue weighted by molar-refractivity contribution is 6.18. The van der Waals surface area contributed by atoms with E-state index in [2.05, 4.69) is 0 Å². The number of carbonyl (C=O) groups is 1. The normalized spacial score (nSPS) is 21.7. The summed E-state index contributed by atoms with van der Waals surface area (Å²) in [5.74, 6) is 0.428. The fourth-order valence-electron chi connectivity index (χ4n) is 1.50. The first kappa shape index (κ1) is 12.7. The Bertz CT molecular complexity index is 201. The second-order valence-electron chi connectivity index (χ2n) is 3.52. The minimum absolute atomic E-state index is 0.00172. The van der Waals surface area contributed by atoms with Gasteiger partial charge in [-0.25, -0.2) is 0 Å². The Morgan fingerprint density at radius 1 is 1.67 bits per heavy atom. The third-order valence-electron chi connectivity index (χ3n) is 2.30. The van der Waals surface area contributed by atoms with Crippen LogP contribution in [-0.2, 0) is 14.3 Å². The lowest BCUT2D eigenvalue weighted by Gasteiger charge is -2.34. The van der Waals surface area contributed by atoms with E-state index in [-0.39, 0.29) is 18.6 Å². The molecule has 1 saturated heterocycles.